The molecule has 1 aliphatic heterocycles. The summed E-state index contributed by atoms with van der Waals surface area (Å²) in [6.45, 7) is 0.314. The third-order valence-corrected chi connectivity index (χ3v) is 8.10. The third kappa shape index (κ3) is 3.95. The Bertz CT molecular complexity index is 1200. The smallest absolute Gasteiger partial charge is 0.286 e. The zero-order valence-corrected chi connectivity index (χ0v) is 17.8. The molecule has 0 saturated carbocycles. The van der Waals surface area contributed by atoms with Gasteiger partial charge in [-0.2, -0.15) is 4.31 Å². The van der Waals surface area contributed by atoms with Crippen LogP contribution in [0, 0.1) is 5.82 Å². The highest BCUT2D eigenvalue weighted by molar-refractivity contribution is 7.89. The molecule has 1 aliphatic rings. The minimum absolute atomic E-state index is 0.0234. The first-order valence-electron chi connectivity index (χ1n) is 9.03. The minimum Gasteiger partial charge on any atom is -0.317 e. The molecular formula is C19H16ClFN4O3S2. The number of nitrogens with zero attached hydrogens (tertiary/aromatic N) is 3. The van der Waals surface area contributed by atoms with Gasteiger partial charge in [-0.1, -0.05) is 47.2 Å². The number of hydrogen-bond donors (Lipinski definition) is 1. The van der Waals surface area contributed by atoms with Crippen LogP contribution in [0.4, 0.5) is 10.1 Å². The molecule has 156 valence electrons. The van der Waals surface area contributed by atoms with Crippen molar-refractivity contribution in [1.82, 2.24) is 14.5 Å². The molecular weight excluding hydrogens is 451 g/mol. The van der Waals surface area contributed by atoms with Crippen LogP contribution in [0.15, 0.2) is 53.4 Å². The van der Waals surface area contributed by atoms with Gasteiger partial charge in [0.05, 0.1) is 16.8 Å². The van der Waals surface area contributed by atoms with Crippen molar-refractivity contribution in [2.75, 3.05) is 11.9 Å². The highest BCUT2D eigenvalue weighted by Crippen LogP contribution is 2.39. The molecule has 1 fully saturated rings. The third-order valence-electron chi connectivity index (χ3n) is 4.67. The number of nitrogens with one attached hydrogen (secondary N) is 1. The number of amides is 1. The van der Waals surface area contributed by atoms with Crippen LogP contribution < -0.4 is 5.32 Å². The first-order chi connectivity index (χ1) is 14.4. The number of halogens is 2. The quantitative estimate of drug-likeness (QED) is 0.611. The van der Waals surface area contributed by atoms with Crippen molar-refractivity contribution in [3.63, 3.8) is 0 Å². The second-order valence-electron chi connectivity index (χ2n) is 6.58. The van der Waals surface area contributed by atoms with Crippen molar-refractivity contribution in [2.45, 2.75) is 23.8 Å². The number of hydrogen-bond acceptors (Lipinski definition) is 6. The predicted molar refractivity (Wildman–Crippen MR) is 112 cm³/mol. The number of carbonyl (C=O) groups excluding carboxylic acids is 1. The van der Waals surface area contributed by atoms with Gasteiger partial charge in [-0.15, -0.1) is 10.2 Å². The lowest BCUT2D eigenvalue weighted by molar-refractivity contribution is 0.102. The standard InChI is InChI=1S/C19H16ClFN4O3S2/c20-12-6-1-4-10-16(12)30(27,28)25-11-5-9-15(25)18-23-24-19(29-18)17(26)22-14-8-3-2-7-13(14)21/h1-4,6-8,10,15H,5,9,11H2,(H,22,26)/t15-/m1/s1. The van der Waals surface area contributed by atoms with Crippen molar-refractivity contribution in [3.8, 4) is 0 Å². The molecule has 2 aromatic carbocycles. The topological polar surface area (TPSA) is 92.3 Å². The van der Waals surface area contributed by atoms with Gasteiger partial charge in [-0.05, 0) is 37.1 Å². The Morgan fingerprint density at radius 2 is 1.90 bits per heavy atom. The summed E-state index contributed by atoms with van der Waals surface area (Å²) >= 11 is 7.09. The van der Waals surface area contributed by atoms with Crippen LogP contribution in [0.2, 0.25) is 5.02 Å². The molecule has 2 heterocycles. The van der Waals surface area contributed by atoms with Gasteiger partial charge in [0, 0.05) is 6.54 Å². The van der Waals surface area contributed by atoms with Gasteiger partial charge in [-0.25, -0.2) is 12.8 Å². The second-order valence-corrected chi connectivity index (χ2v) is 9.86. The van der Waals surface area contributed by atoms with Crippen LogP contribution in [-0.2, 0) is 10.0 Å². The van der Waals surface area contributed by atoms with Crippen LogP contribution >= 0.6 is 22.9 Å². The molecule has 0 radical (unpaired) electrons. The first kappa shape index (κ1) is 20.9. The van der Waals surface area contributed by atoms with E-state index in [0.29, 0.717) is 24.4 Å². The molecule has 1 atom stereocenters. The molecule has 1 N–H and O–H groups in total. The zero-order valence-electron chi connectivity index (χ0n) is 15.5. The molecule has 0 bridgehead atoms. The molecule has 1 amide bonds. The van der Waals surface area contributed by atoms with Gasteiger partial charge in [0.25, 0.3) is 5.91 Å². The highest BCUT2D eigenvalue weighted by atomic mass is 35.5. The van der Waals surface area contributed by atoms with Gasteiger partial charge in [0.15, 0.2) is 0 Å². The normalized spacial score (nSPS) is 17.2. The molecule has 11 heteroatoms. The van der Waals surface area contributed by atoms with Crippen LogP contribution in [0.1, 0.15) is 33.7 Å². The fraction of sp³-hybridized carbons (Fsp3) is 0.211. The summed E-state index contributed by atoms with van der Waals surface area (Å²) in [5.41, 5.74) is 0.0306. The summed E-state index contributed by atoms with van der Waals surface area (Å²) < 4.78 is 41.4. The van der Waals surface area contributed by atoms with E-state index in [9.17, 15) is 17.6 Å². The number of benzene rings is 2. The van der Waals surface area contributed by atoms with Crippen LogP contribution in [0.5, 0.6) is 0 Å². The van der Waals surface area contributed by atoms with Gasteiger partial charge in [-0.3, -0.25) is 4.79 Å². The van der Waals surface area contributed by atoms with E-state index >= 15 is 0 Å². The van der Waals surface area contributed by atoms with Gasteiger partial charge < -0.3 is 5.32 Å². The Balaban J connectivity index is 1.57. The maximum Gasteiger partial charge on any atom is 0.286 e. The maximum absolute atomic E-state index is 13.8. The van der Waals surface area contributed by atoms with Crippen LogP contribution in [-0.4, -0.2) is 35.4 Å². The molecule has 0 spiro atoms. The van der Waals surface area contributed by atoms with Crippen molar-refractivity contribution in [1.29, 1.82) is 0 Å². The molecule has 0 unspecified atom stereocenters. The number of aromatic nitrogens is 2. The Morgan fingerprint density at radius 1 is 1.17 bits per heavy atom. The number of rotatable bonds is 5. The molecule has 3 aromatic rings. The molecule has 7 nitrogen and oxygen atoms in total. The lowest BCUT2D eigenvalue weighted by atomic mass is 10.2. The van der Waals surface area contributed by atoms with E-state index in [0.717, 1.165) is 11.3 Å². The summed E-state index contributed by atoms with van der Waals surface area (Å²) in [6, 6.07) is 11.5. The van der Waals surface area contributed by atoms with Crippen LogP contribution in [0.25, 0.3) is 0 Å². The summed E-state index contributed by atoms with van der Waals surface area (Å²) in [6.07, 6.45) is 1.19. The summed E-state index contributed by atoms with van der Waals surface area (Å²) in [7, 11) is -3.84. The average molecular weight is 467 g/mol. The summed E-state index contributed by atoms with van der Waals surface area (Å²) in [5, 5.41) is 10.9. The maximum atomic E-state index is 13.8. The van der Waals surface area contributed by atoms with E-state index in [-0.39, 0.29) is 20.6 Å². The largest absolute Gasteiger partial charge is 0.317 e. The predicted octanol–water partition coefficient (Wildman–Crippen LogP) is 4.11. The monoisotopic (exact) mass is 466 g/mol. The fourth-order valence-electron chi connectivity index (χ4n) is 3.25. The lowest BCUT2D eigenvalue weighted by Crippen LogP contribution is -2.30. The van der Waals surface area contributed by atoms with Crippen molar-refractivity contribution >= 4 is 44.6 Å². The van der Waals surface area contributed by atoms with E-state index in [4.69, 9.17) is 11.6 Å². The van der Waals surface area contributed by atoms with Crippen molar-refractivity contribution in [3.05, 3.63) is 69.4 Å². The van der Waals surface area contributed by atoms with E-state index in [1.807, 2.05) is 0 Å². The molecule has 0 aliphatic carbocycles. The van der Waals surface area contributed by atoms with Crippen LogP contribution in [0.3, 0.4) is 0 Å². The number of para-hydroxylation sites is 1. The van der Waals surface area contributed by atoms with E-state index < -0.39 is 27.8 Å². The second kappa shape index (κ2) is 8.38. The molecule has 1 saturated heterocycles. The van der Waals surface area contributed by atoms with Gasteiger partial charge >= 0.3 is 0 Å². The van der Waals surface area contributed by atoms with Gasteiger partial charge in [0.1, 0.15) is 15.7 Å². The Kier molecular flexibility index (Phi) is 5.83. The Hall–Kier alpha value is -2.40. The summed E-state index contributed by atoms with van der Waals surface area (Å²) in [5.74, 6) is -1.18. The lowest BCUT2D eigenvalue weighted by Gasteiger charge is -2.22. The molecule has 1 aromatic heterocycles. The van der Waals surface area contributed by atoms with Crippen molar-refractivity contribution in [2.24, 2.45) is 0 Å². The van der Waals surface area contributed by atoms with E-state index in [2.05, 4.69) is 15.5 Å². The molecule has 30 heavy (non-hydrogen) atoms. The zero-order chi connectivity index (χ0) is 21.3. The SMILES string of the molecule is O=C(Nc1ccccc1F)c1nnc([C@H]2CCCN2S(=O)(=O)c2ccccc2Cl)s1. The highest BCUT2D eigenvalue weighted by Gasteiger charge is 2.39. The van der Waals surface area contributed by atoms with Crippen molar-refractivity contribution < 1.29 is 17.6 Å². The minimum atomic E-state index is -3.84. The fourth-order valence-corrected chi connectivity index (χ4v) is 6.36. The summed E-state index contributed by atoms with van der Waals surface area (Å²) in [4.78, 5) is 12.4. The Morgan fingerprint density at radius 3 is 2.67 bits per heavy atom. The van der Waals surface area contributed by atoms with E-state index in [1.54, 1.807) is 18.2 Å². The average Bonchev–Trinajstić information content (AvgIpc) is 3.39. The molecule has 4 rings (SSSR count). The van der Waals surface area contributed by atoms with E-state index in [1.165, 1.54) is 34.6 Å². The number of carbonyl (C=O) groups is 1. The number of sulfonamides is 1. The number of anilines is 1. The first-order valence-corrected chi connectivity index (χ1v) is 11.7. The Labute approximate surface area is 181 Å². The van der Waals surface area contributed by atoms with Gasteiger partial charge in [0.2, 0.25) is 15.0 Å².